The van der Waals surface area contributed by atoms with Crippen molar-refractivity contribution < 1.29 is 9.21 Å². The highest BCUT2D eigenvalue weighted by Crippen LogP contribution is 2.22. The molecule has 0 bridgehead atoms. The third kappa shape index (κ3) is 4.73. The van der Waals surface area contributed by atoms with E-state index in [9.17, 15) is 4.79 Å². The molecule has 1 saturated heterocycles. The van der Waals surface area contributed by atoms with Gasteiger partial charge in [0.05, 0.1) is 11.8 Å². The molecule has 25 heavy (non-hydrogen) atoms. The number of carbonyl (C=O) groups is 1. The van der Waals surface area contributed by atoms with Crippen molar-refractivity contribution in [3.63, 3.8) is 0 Å². The third-order valence-corrected chi connectivity index (χ3v) is 4.93. The number of aryl methyl sites for hydroxylation is 1. The minimum Gasteiger partial charge on any atom is -0.469 e. The maximum absolute atomic E-state index is 12.1. The summed E-state index contributed by atoms with van der Waals surface area (Å²) in [4.78, 5) is 14.7. The van der Waals surface area contributed by atoms with Gasteiger partial charge in [0.2, 0.25) is 0 Å². The molecule has 1 amide bonds. The summed E-state index contributed by atoms with van der Waals surface area (Å²) in [6.45, 7) is 10.4. The van der Waals surface area contributed by atoms with Gasteiger partial charge in [-0.05, 0) is 42.4 Å². The lowest BCUT2D eigenvalue weighted by Gasteiger charge is -2.35. The molecular formula is C21H28N2O2. The highest BCUT2D eigenvalue weighted by atomic mass is 16.3. The van der Waals surface area contributed by atoms with Crippen molar-refractivity contribution >= 4 is 5.91 Å². The van der Waals surface area contributed by atoms with Crippen LogP contribution in [0.2, 0.25) is 0 Å². The van der Waals surface area contributed by atoms with E-state index >= 15 is 0 Å². The lowest BCUT2D eigenvalue weighted by molar-refractivity contribution is 0.0949. The van der Waals surface area contributed by atoms with Crippen LogP contribution in [-0.2, 0) is 13.1 Å². The maximum atomic E-state index is 12.1. The van der Waals surface area contributed by atoms with E-state index in [0.717, 1.165) is 23.9 Å². The van der Waals surface area contributed by atoms with Gasteiger partial charge in [0, 0.05) is 26.2 Å². The molecule has 4 heteroatoms. The molecule has 0 radical (unpaired) electrons. The SMILES string of the molecule is Cc1occc1C(=O)NCc1ccc(CN2CC(C)CC(C)C2)cc1. The van der Waals surface area contributed by atoms with Crippen molar-refractivity contribution in [3.8, 4) is 0 Å². The second kappa shape index (κ2) is 7.87. The summed E-state index contributed by atoms with van der Waals surface area (Å²) in [6.07, 6.45) is 2.88. The molecule has 1 fully saturated rings. The van der Waals surface area contributed by atoms with Crippen molar-refractivity contribution in [1.82, 2.24) is 10.2 Å². The lowest BCUT2D eigenvalue weighted by atomic mass is 9.91. The summed E-state index contributed by atoms with van der Waals surface area (Å²) in [5.41, 5.74) is 3.05. The molecule has 1 aromatic heterocycles. The molecule has 2 unspecified atom stereocenters. The lowest BCUT2D eigenvalue weighted by Crippen LogP contribution is -2.38. The van der Waals surface area contributed by atoms with Crippen molar-refractivity contribution in [1.29, 1.82) is 0 Å². The number of amides is 1. The molecule has 2 aromatic rings. The predicted molar refractivity (Wildman–Crippen MR) is 99.3 cm³/mol. The fraction of sp³-hybridized carbons (Fsp3) is 0.476. The Labute approximate surface area is 150 Å². The highest BCUT2D eigenvalue weighted by molar-refractivity contribution is 5.94. The number of carbonyl (C=O) groups excluding carboxylic acids is 1. The molecule has 1 aliphatic rings. The second-order valence-corrected chi connectivity index (χ2v) is 7.53. The Morgan fingerprint density at radius 3 is 2.36 bits per heavy atom. The maximum Gasteiger partial charge on any atom is 0.255 e. The molecule has 2 heterocycles. The standard InChI is InChI=1S/C21H28N2O2/c1-15-10-16(2)13-23(12-15)14-19-6-4-18(5-7-19)11-22-21(24)20-8-9-25-17(20)3/h4-9,15-16H,10-14H2,1-3H3,(H,22,24). The zero-order valence-corrected chi connectivity index (χ0v) is 15.4. The van der Waals surface area contributed by atoms with Crippen LogP contribution in [0, 0.1) is 18.8 Å². The van der Waals surface area contributed by atoms with Crippen LogP contribution < -0.4 is 5.32 Å². The van der Waals surface area contributed by atoms with E-state index in [-0.39, 0.29) is 5.91 Å². The Balaban J connectivity index is 1.52. The number of nitrogens with one attached hydrogen (secondary N) is 1. The number of furan rings is 1. The van der Waals surface area contributed by atoms with Crippen LogP contribution >= 0.6 is 0 Å². The smallest absolute Gasteiger partial charge is 0.255 e. The largest absolute Gasteiger partial charge is 0.469 e. The molecule has 0 spiro atoms. The van der Waals surface area contributed by atoms with Gasteiger partial charge in [-0.2, -0.15) is 0 Å². The molecule has 0 saturated carbocycles. The predicted octanol–water partition coefficient (Wildman–Crippen LogP) is 4.00. The molecular weight excluding hydrogens is 312 g/mol. The van der Waals surface area contributed by atoms with Crippen LogP contribution in [-0.4, -0.2) is 23.9 Å². The molecule has 2 atom stereocenters. The first-order valence-corrected chi connectivity index (χ1v) is 9.13. The van der Waals surface area contributed by atoms with Crippen LogP contribution in [0.5, 0.6) is 0 Å². The third-order valence-electron chi connectivity index (χ3n) is 4.93. The summed E-state index contributed by atoms with van der Waals surface area (Å²) in [5.74, 6) is 2.12. The number of piperidine rings is 1. The van der Waals surface area contributed by atoms with Gasteiger partial charge in [-0.25, -0.2) is 0 Å². The molecule has 134 valence electrons. The number of hydrogen-bond acceptors (Lipinski definition) is 3. The van der Waals surface area contributed by atoms with Crippen molar-refractivity contribution in [3.05, 3.63) is 59.0 Å². The number of benzene rings is 1. The van der Waals surface area contributed by atoms with Gasteiger partial charge in [-0.3, -0.25) is 9.69 Å². The van der Waals surface area contributed by atoms with Gasteiger partial charge in [0.1, 0.15) is 5.76 Å². The Morgan fingerprint density at radius 2 is 1.76 bits per heavy atom. The van der Waals surface area contributed by atoms with E-state index in [2.05, 4.69) is 48.3 Å². The summed E-state index contributed by atoms with van der Waals surface area (Å²) in [5, 5.41) is 2.95. The summed E-state index contributed by atoms with van der Waals surface area (Å²) in [6, 6.07) is 10.3. The average Bonchev–Trinajstić information content (AvgIpc) is 2.99. The Kier molecular flexibility index (Phi) is 5.59. The quantitative estimate of drug-likeness (QED) is 0.895. The van der Waals surface area contributed by atoms with E-state index in [1.165, 1.54) is 25.1 Å². The number of nitrogens with zero attached hydrogens (tertiary/aromatic N) is 1. The number of likely N-dealkylation sites (tertiary alicyclic amines) is 1. The first-order valence-electron chi connectivity index (χ1n) is 9.13. The second-order valence-electron chi connectivity index (χ2n) is 7.53. The zero-order chi connectivity index (χ0) is 17.8. The van der Waals surface area contributed by atoms with Gasteiger partial charge in [-0.15, -0.1) is 0 Å². The average molecular weight is 340 g/mol. The zero-order valence-electron chi connectivity index (χ0n) is 15.4. The van der Waals surface area contributed by atoms with E-state index in [0.29, 0.717) is 17.9 Å². The number of hydrogen-bond donors (Lipinski definition) is 1. The van der Waals surface area contributed by atoms with Gasteiger partial charge in [0.25, 0.3) is 5.91 Å². The molecule has 4 nitrogen and oxygen atoms in total. The summed E-state index contributed by atoms with van der Waals surface area (Å²) in [7, 11) is 0. The fourth-order valence-electron chi connectivity index (χ4n) is 3.84. The first-order chi connectivity index (χ1) is 12.0. The van der Waals surface area contributed by atoms with Gasteiger partial charge in [0.15, 0.2) is 0 Å². The van der Waals surface area contributed by atoms with E-state index in [1.54, 1.807) is 19.3 Å². The van der Waals surface area contributed by atoms with E-state index in [4.69, 9.17) is 4.42 Å². The topological polar surface area (TPSA) is 45.5 Å². The van der Waals surface area contributed by atoms with Crippen LogP contribution in [0.3, 0.4) is 0 Å². The van der Waals surface area contributed by atoms with Gasteiger partial charge < -0.3 is 9.73 Å². The Bertz CT molecular complexity index is 695. The molecule has 3 rings (SSSR count). The van der Waals surface area contributed by atoms with Crippen molar-refractivity contribution in [2.75, 3.05) is 13.1 Å². The molecule has 1 aliphatic heterocycles. The van der Waals surface area contributed by atoms with Crippen LogP contribution in [0.4, 0.5) is 0 Å². The van der Waals surface area contributed by atoms with E-state index in [1.807, 2.05) is 0 Å². The molecule has 1 N–H and O–H groups in total. The van der Waals surface area contributed by atoms with Crippen LogP contribution in [0.1, 0.15) is 47.5 Å². The minimum absolute atomic E-state index is 0.0911. The van der Waals surface area contributed by atoms with Crippen LogP contribution in [0.25, 0.3) is 0 Å². The Morgan fingerprint density at radius 1 is 1.12 bits per heavy atom. The highest BCUT2D eigenvalue weighted by Gasteiger charge is 2.21. The van der Waals surface area contributed by atoms with Gasteiger partial charge >= 0.3 is 0 Å². The fourth-order valence-corrected chi connectivity index (χ4v) is 3.84. The molecule has 0 aliphatic carbocycles. The summed E-state index contributed by atoms with van der Waals surface area (Å²) < 4.78 is 5.18. The first kappa shape index (κ1) is 17.7. The van der Waals surface area contributed by atoms with Gasteiger partial charge in [-0.1, -0.05) is 38.1 Å². The molecule has 1 aromatic carbocycles. The van der Waals surface area contributed by atoms with Crippen LogP contribution in [0.15, 0.2) is 41.0 Å². The number of rotatable bonds is 5. The minimum atomic E-state index is -0.0911. The summed E-state index contributed by atoms with van der Waals surface area (Å²) >= 11 is 0. The monoisotopic (exact) mass is 340 g/mol. The van der Waals surface area contributed by atoms with Crippen molar-refractivity contribution in [2.45, 2.75) is 40.3 Å². The van der Waals surface area contributed by atoms with Crippen molar-refractivity contribution in [2.24, 2.45) is 11.8 Å². The normalized spacial score (nSPS) is 21.2. The van der Waals surface area contributed by atoms with E-state index < -0.39 is 0 Å². The Hall–Kier alpha value is -2.07.